The van der Waals surface area contributed by atoms with Crippen molar-refractivity contribution >= 4 is 11.8 Å². The standard InChI is InChI=1S/C14H16N4O2/c1-3-18(4-2)13-11(14(19)20)9-16-12(17-13)10-6-5-7-15-8-10/h5-9H,3-4H2,1-2H3,(H,19,20). The van der Waals surface area contributed by atoms with Crippen molar-refractivity contribution in [2.75, 3.05) is 18.0 Å². The second-order valence-corrected chi connectivity index (χ2v) is 4.15. The lowest BCUT2D eigenvalue weighted by molar-refractivity contribution is 0.0696. The number of carbonyl (C=O) groups is 1. The Kier molecular flexibility index (Phi) is 4.24. The predicted octanol–water partition coefficient (Wildman–Crippen LogP) is 2.08. The zero-order valence-electron chi connectivity index (χ0n) is 11.4. The van der Waals surface area contributed by atoms with Gasteiger partial charge in [0.25, 0.3) is 0 Å². The van der Waals surface area contributed by atoms with E-state index < -0.39 is 5.97 Å². The van der Waals surface area contributed by atoms with E-state index in [4.69, 9.17) is 0 Å². The Balaban J connectivity index is 2.54. The lowest BCUT2D eigenvalue weighted by Crippen LogP contribution is -2.26. The first-order valence-corrected chi connectivity index (χ1v) is 6.43. The molecule has 2 aromatic rings. The van der Waals surface area contributed by atoms with Crippen LogP contribution in [0.5, 0.6) is 0 Å². The summed E-state index contributed by atoms with van der Waals surface area (Å²) in [5.74, 6) is -0.106. The van der Waals surface area contributed by atoms with Crippen LogP contribution in [0, 0.1) is 0 Å². The Morgan fingerprint density at radius 3 is 2.60 bits per heavy atom. The summed E-state index contributed by atoms with van der Waals surface area (Å²) >= 11 is 0. The lowest BCUT2D eigenvalue weighted by atomic mass is 10.2. The molecule has 2 rings (SSSR count). The first-order chi connectivity index (χ1) is 9.67. The van der Waals surface area contributed by atoms with Crippen molar-refractivity contribution < 1.29 is 9.90 Å². The molecule has 1 N–H and O–H groups in total. The van der Waals surface area contributed by atoms with Crippen LogP contribution in [0.1, 0.15) is 24.2 Å². The molecule has 6 nitrogen and oxygen atoms in total. The van der Waals surface area contributed by atoms with Crippen molar-refractivity contribution in [3.63, 3.8) is 0 Å². The summed E-state index contributed by atoms with van der Waals surface area (Å²) in [5.41, 5.74) is 0.874. The fourth-order valence-corrected chi connectivity index (χ4v) is 1.92. The lowest BCUT2D eigenvalue weighted by Gasteiger charge is -2.21. The second-order valence-electron chi connectivity index (χ2n) is 4.15. The van der Waals surface area contributed by atoms with E-state index >= 15 is 0 Å². The van der Waals surface area contributed by atoms with E-state index in [0.717, 1.165) is 5.56 Å². The Labute approximate surface area is 117 Å². The molecule has 0 unspecified atom stereocenters. The van der Waals surface area contributed by atoms with Crippen molar-refractivity contribution in [3.05, 3.63) is 36.3 Å². The molecule has 0 atom stereocenters. The average molecular weight is 272 g/mol. The zero-order valence-corrected chi connectivity index (χ0v) is 11.4. The highest BCUT2D eigenvalue weighted by molar-refractivity contribution is 5.93. The number of rotatable bonds is 5. The van der Waals surface area contributed by atoms with Gasteiger partial charge in [-0.3, -0.25) is 4.98 Å². The molecule has 0 amide bonds. The molecule has 104 valence electrons. The van der Waals surface area contributed by atoms with Gasteiger partial charge in [-0.2, -0.15) is 0 Å². The molecule has 20 heavy (non-hydrogen) atoms. The van der Waals surface area contributed by atoms with Gasteiger partial charge in [-0.15, -0.1) is 0 Å². The number of aromatic nitrogens is 3. The van der Waals surface area contributed by atoms with Crippen molar-refractivity contribution in [2.24, 2.45) is 0 Å². The number of carboxylic acids is 1. The van der Waals surface area contributed by atoms with Gasteiger partial charge in [0.1, 0.15) is 11.4 Å². The summed E-state index contributed by atoms with van der Waals surface area (Å²) in [6.07, 6.45) is 4.67. The molecular weight excluding hydrogens is 256 g/mol. The third-order valence-corrected chi connectivity index (χ3v) is 2.98. The molecular formula is C14H16N4O2. The second kappa shape index (κ2) is 6.10. The van der Waals surface area contributed by atoms with Crippen LogP contribution in [0.25, 0.3) is 11.4 Å². The van der Waals surface area contributed by atoms with Gasteiger partial charge in [-0.1, -0.05) is 0 Å². The Morgan fingerprint density at radius 1 is 1.30 bits per heavy atom. The van der Waals surface area contributed by atoms with Crippen LogP contribution >= 0.6 is 0 Å². The van der Waals surface area contributed by atoms with Crippen LogP contribution in [-0.4, -0.2) is 39.1 Å². The summed E-state index contributed by atoms with van der Waals surface area (Å²) in [5, 5.41) is 9.25. The largest absolute Gasteiger partial charge is 0.477 e. The van der Waals surface area contributed by atoms with Gasteiger partial charge in [-0.05, 0) is 26.0 Å². The molecule has 0 radical (unpaired) electrons. The van der Waals surface area contributed by atoms with Crippen molar-refractivity contribution in [1.29, 1.82) is 0 Å². The smallest absolute Gasteiger partial charge is 0.341 e. The molecule has 0 aliphatic rings. The number of pyridine rings is 1. The van der Waals surface area contributed by atoms with Gasteiger partial charge in [0.15, 0.2) is 5.82 Å². The molecule has 0 aromatic carbocycles. The molecule has 0 aliphatic heterocycles. The van der Waals surface area contributed by atoms with Crippen LogP contribution in [0.15, 0.2) is 30.7 Å². The van der Waals surface area contributed by atoms with Crippen LogP contribution in [-0.2, 0) is 0 Å². The van der Waals surface area contributed by atoms with Gasteiger partial charge >= 0.3 is 5.97 Å². The third-order valence-electron chi connectivity index (χ3n) is 2.98. The summed E-state index contributed by atoms with van der Waals surface area (Å²) in [6.45, 7) is 5.28. The predicted molar refractivity (Wildman–Crippen MR) is 75.8 cm³/mol. The quantitative estimate of drug-likeness (QED) is 0.897. The number of hydrogen-bond acceptors (Lipinski definition) is 5. The first-order valence-electron chi connectivity index (χ1n) is 6.43. The highest BCUT2D eigenvalue weighted by Crippen LogP contribution is 2.21. The number of anilines is 1. The maximum absolute atomic E-state index is 11.3. The summed E-state index contributed by atoms with van der Waals surface area (Å²) < 4.78 is 0. The van der Waals surface area contributed by atoms with Gasteiger partial charge in [-0.25, -0.2) is 14.8 Å². The van der Waals surface area contributed by atoms with E-state index in [2.05, 4.69) is 15.0 Å². The highest BCUT2D eigenvalue weighted by atomic mass is 16.4. The molecule has 0 saturated carbocycles. The SMILES string of the molecule is CCN(CC)c1nc(-c2cccnc2)ncc1C(=O)O. The molecule has 2 heterocycles. The average Bonchev–Trinajstić information content (AvgIpc) is 2.49. The van der Waals surface area contributed by atoms with Crippen LogP contribution in [0.2, 0.25) is 0 Å². The minimum Gasteiger partial charge on any atom is -0.477 e. The third kappa shape index (κ3) is 2.74. The summed E-state index contributed by atoms with van der Waals surface area (Å²) in [6, 6.07) is 3.63. The van der Waals surface area contributed by atoms with Gasteiger partial charge in [0.2, 0.25) is 0 Å². The summed E-state index contributed by atoms with van der Waals surface area (Å²) in [4.78, 5) is 25.7. The van der Waals surface area contributed by atoms with Crippen molar-refractivity contribution in [2.45, 2.75) is 13.8 Å². The van der Waals surface area contributed by atoms with Crippen LogP contribution < -0.4 is 4.90 Å². The highest BCUT2D eigenvalue weighted by Gasteiger charge is 2.18. The summed E-state index contributed by atoms with van der Waals surface area (Å²) in [7, 11) is 0. The first kappa shape index (κ1) is 13.9. The molecule has 6 heteroatoms. The van der Waals surface area contributed by atoms with Crippen molar-refractivity contribution in [1.82, 2.24) is 15.0 Å². The molecule has 0 aliphatic carbocycles. The molecule has 2 aromatic heterocycles. The van der Waals surface area contributed by atoms with E-state index in [-0.39, 0.29) is 5.56 Å². The fraction of sp³-hybridized carbons (Fsp3) is 0.286. The van der Waals surface area contributed by atoms with Gasteiger partial charge in [0.05, 0.1) is 0 Å². The molecule has 0 spiro atoms. The molecule has 0 fully saturated rings. The van der Waals surface area contributed by atoms with Crippen LogP contribution in [0.4, 0.5) is 5.82 Å². The maximum Gasteiger partial charge on any atom is 0.341 e. The minimum absolute atomic E-state index is 0.112. The minimum atomic E-state index is -1.02. The van der Waals surface area contributed by atoms with E-state index in [1.165, 1.54) is 6.20 Å². The Hall–Kier alpha value is -2.50. The monoisotopic (exact) mass is 272 g/mol. The topological polar surface area (TPSA) is 79.2 Å². The molecule has 0 bridgehead atoms. The number of hydrogen-bond donors (Lipinski definition) is 1. The molecule has 0 saturated heterocycles. The van der Waals surface area contributed by atoms with E-state index in [1.807, 2.05) is 24.8 Å². The van der Waals surface area contributed by atoms with Gasteiger partial charge in [0, 0.05) is 37.2 Å². The number of aromatic carboxylic acids is 1. The number of carboxylic acid groups (broad SMARTS) is 1. The Morgan fingerprint density at radius 2 is 2.05 bits per heavy atom. The van der Waals surface area contributed by atoms with E-state index in [9.17, 15) is 9.90 Å². The van der Waals surface area contributed by atoms with Gasteiger partial charge < -0.3 is 10.0 Å². The Bertz CT molecular complexity index is 597. The number of nitrogens with zero attached hydrogens (tertiary/aromatic N) is 4. The van der Waals surface area contributed by atoms with E-state index in [0.29, 0.717) is 24.7 Å². The maximum atomic E-state index is 11.3. The van der Waals surface area contributed by atoms with Crippen LogP contribution in [0.3, 0.4) is 0 Å². The van der Waals surface area contributed by atoms with Crippen molar-refractivity contribution in [3.8, 4) is 11.4 Å². The van der Waals surface area contributed by atoms with E-state index in [1.54, 1.807) is 18.5 Å². The normalized spacial score (nSPS) is 10.3. The zero-order chi connectivity index (χ0) is 14.5. The fourth-order valence-electron chi connectivity index (χ4n) is 1.92.